The first kappa shape index (κ1) is 18.5. The van der Waals surface area contributed by atoms with E-state index in [9.17, 15) is 4.79 Å². The fourth-order valence-electron chi connectivity index (χ4n) is 4.18. The van der Waals surface area contributed by atoms with Gasteiger partial charge in [-0.25, -0.2) is 4.98 Å². The Bertz CT molecular complexity index is 956. The smallest absolute Gasteiger partial charge is 0.231 e. The normalized spacial score (nSPS) is 16.0. The van der Waals surface area contributed by atoms with Crippen LogP contribution in [-0.4, -0.2) is 60.0 Å². The van der Waals surface area contributed by atoms with Crippen LogP contribution in [0.1, 0.15) is 11.4 Å². The van der Waals surface area contributed by atoms with Gasteiger partial charge in [-0.3, -0.25) is 9.69 Å². The molecule has 1 aromatic heterocycles. The summed E-state index contributed by atoms with van der Waals surface area (Å²) >= 11 is 0. The molecule has 2 heterocycles. The van der Waals surface area contributed by atoms with Crippen LogP contribution in [0.25, 0.3) is 11.0 Å². The number of aromatic nitrogens is 2. The van der Waals surface area contributed by atoms with Gasteiger partial charge in [0, 0.05) is 27.2 Å². The summed E-state index contributed by atoms with van der Waals surface area (Å²) in [6.07, 6.45) is 0.706. The second-order valence-electron chi connectivity index (χ2n) is 7.85. The van der Waals surface area contributed by atoms with Gasteiger partial charge in [-0.15, -0.1) is 0 Å². The first-order chi connectivity index (χ1) is 13.5. The van der Waals surface area contributed by atoms with Crippen LogP contribution in [0.3, 0.4) is 0 Å². The summed E-state index contributed by atoms with van der Waals surface area (Å²) in [7, 11) is 5.33. The van der Waals surface area contributed by atoms with Crippen LogP contribution in [0.2, 0.25) is 0 Å². The average Bonchev–Trinajstić information content (AvgIpc) is 3.08. The van der Waals surface area contributed by atoms with E-state index in [2.05, 4.69) is 20.9 Å². The quantitative estimate of drug-likeness (QED) is 0.716. The van der Waals surface area contributed by atoms with Crippen molar-refractivity contribution in [2.45, 2.75) is 13.0 Å². The second-order valence-corrected chi connectivity index (χ2v) is 7.85. The van der Waals surface area contributed by atoms with E-state index in [0.717, 1.165) is 47.8 Å². The summed E-state index contributed by atoms with van der Waals surface area (Å²) in [6.45, 7) is 2.16. The molecule has 0 unspecified atom stereocenters. The number of nitrogens with one attached hydrogen (secondary N) is 1. The number of amides is 1. The molecular weight excluding hydrogens is 352 g/mol. The van der Waals surface area contributed by atoms with E-state index >= 15 is 0 Å². The Balaban J connectivity index is 1.50. The average molecular weight is 378 g/mol. The van der Waals surface area contributed by atoms with Gasteiger partial charge in [-0.2, -0.15) is 0 Å². The molecule has 146 valence electrons. The van der Waals surface area contributed by atoms with Crippen LogP contribution in [0.4, 0.5) is 0 Å². The number of hydrogen-bond donors (Lipinski definition) is 1. The molecule has 1 fully saturated rings. The van der Waals surface area contributed by atoms with Gasteiger partial charge in [0.15, 0.2) is 0 Å². The molecule has 6 heteroatoms. The molecule has 1 N–H and O–H groups in total. The number of H-pyrrole nitrogens is 1. The third-order valence-corrected chi connectivity index (χ3v) is 5.40. The van der Waals surface area contributed by atoms with Crippen molar-refractivity contribution in [2.75, 3.05) is 34.3 Å². The van der Waals surface area contributed by atoms with Crippen molar-refractivity contribution in [3.63, 3.8) is 0 Å². The Kier molecular flexibility index (Phi) is 4.81. The van der Waals surface area contributed by atoms with Gasteiger partial charge >= 0.3 is 0 Å². The number of para-hydroxylation sites is 2. The molecule has 0 atom stereocenters. The van der Waals surface area contributed by atoms with Crippen LogP contribution in [-0.2, 0) is 17.8 Å². The summed E-state index contributed by atoms with van der Waals surface area (Å²) in [5.74, 6) is 1.94. The van der Waals surface area contributed by atoms with E-state index in [1.165, 1.54) is 0 Å². The summed E-state index contributed by atoms with van der Waals surface area (Å²) in [6, 6.07) is 16.0. The molecule has 0 spiro atoms. The maximum Gasteiger partial charge on any atom is 0.231 e. The molecular formula is C22H26N4O2. The second kappa shape index (κ2) is 7.28. The van der Waals surface area contributed by atoms with E-state index in [1.54, 1.807) is 12.0 Å². The highest BCUT2D eigenvalue weighted by Gasteiger charge is 2.49. The minimum Gasteiger partial charge on any atom is -0.497 e. The standard InChI is InChI=1S/C22H26N4O2/c1-25(2)21(27)22(12-16-7-6-8-17(11-16)28-3)14-26(15-22)13-20-23-18-9-4-5-10-19(18)24-20/h4-11H,12-15H2,1-3H3,(H,23,24). The number of hydrogen-bond acceptors (Lipinski definition) is 4. The highest BCUT2D eigenvalue weighted by atomic mass is 16.5. The maximum absolute atomic E-state index is 13.0. The lowest BCUT2D eigenvalue weighted by Gasteiger charge is -2.49. The Labute approximate surface area is 165 Å². The summed E-state index contributed by atoms with van der Waals surface area (Å²) in [5, 5.41) is 0. The SMILES string of the molecule is COc1cccc(CC2(C(=O)N(C)C)CN(Cc3nc4ccccc4[nH]3)C2)c1. The molecule has 2 aromatic carbocycles. The molecule has 4 rings (SSSR count). The zero-order valence-corrected chi connectivity index (χ0v) is 16.6. The molecule has 0 radical (unpaired) electrons. The summed E-state index contributed by atoms with van der Waals surface area (Å²) in [5.41, 5.74) is 2.75. The number of aromatic amines is 1. The Hall–Kier alpha value is -2.86. The lowest BCUT2D eigenvalue weighted by Crippen LogP contribution is -2.63. The van der Waals surface area contributed by atoms with Crippen molar-refractivity contribution in [3.8, 4) is 5.75 Å². The minimum atomic E-state index is -0.401. The van der Waals surface area contributed by atoms with Gasteiger partial charge in [-0.1, -0.05) is 24.3 Å². The lowest BCUT2D eigenvalue weighted by atomic mass is 9.73. The van der Waals surface area contributed by atoms with Crippen LogP contribution >= 0.6 is 0 Å². The van der Waals surface area contributed by atoms with E-state index in [-0.39, 0.29) is 5.91 Å². The lowest BCUT2D eigenvalue weighted by molar-refractivity contribution is -0.151. The number of likely N-dealkylation sites (tertiary alicyclic amines) is 1. The first-order valence-electron chi connectivity index (χ1n) is 9.50. The first-order valence-corrected chi connectivity index (χ1v) is 9.50. The molecule has 0 bridgehead atoms. The van der Waals surface area contributed by atoms with Gasteiger partial charge in [0.2, 0.25) is 5.91 Å². The zero-order valence-electron chi connectivity index (χ0n) is 16.6. The van der Waals surface area contributed by atoms with Crippen molar-refractivity contribution in [1.29, 1.82) is 0 Å². The van der Waals surface area contributed by atoms with E-state index in [0.29, 0.717) is 6.42 Å². The highest BCUT2D eigenvalue weighted by Crippen LogP contribution is 2.37. The van der Waals surface area contributed by atoms with Gasteiger partial charge in [0.05, 0.1) is 30.1 Å². The largest absolute Gasteiger partial charge is 0.497 e. The fraction of sp³-hybridized carbons (Fsp3) is 0.364. The third-order valence-electron chi connectivity index (χ3n) is 5.40. The van der Waals surface area contributed by atoms with Crippen molar-refractivity contribution in [2.24, 2.45) is 5.41 Å². The number of fused-ring (bicyclic) bond motifs is 1. The number of benzene rings is 2. The van der Waals surface area contributed by atoms with E-state index in [4.69, 9.17) is 4.74 Å². The van der Waals surface area contributed by atoms with E-state index < -0.39 is 5.41 Å². The molecule has 1 amide bonds. The number of methoxy groups -OCH3 is 1. The molecule has 1 aliphatic rings. The van der Waals surface area contributed by atoms with Crippen molar-refractivity contribution in [1.82, 2.24) is 19.8 Å². The molecule has 28 heavy (non-hydrogen) atoms. The Morgan fingerprint density at radius 1 is 1.21 bits per heavy atom. The Morgan fingerprint density at radius 2 is 2.00 bits per heavy atom. The van der Waals surface area contributed by atoms with Crippen LogP contribution in [0.5, 0.6) is 5.75 Å². The topological polar surface area (TPSA) is 61.5 Å². The predicted molar refractivity (Wildman–Crippen MR) is 109 cm³/mol. The van der Waals surface area contributed by atoms with Crippen LogP contribution < -0.4 is 4.74 Å². The van der Waals surface area contributed by atoms with E-state index in [1.807, 2.05) is 56.6 Å². The molecule has 3 aromatic rings. The predicted octanol–water partition coefficient (Wildman–Crippen LogP) is 2.70. The molecule has 0 aliphatic carbocycles. The number of nitrogens with zero attached hydrogens (tertiary/aromatic N) is 3. The molecule has 6 nitrogen and oxygen atoms in total. The van der Waals surface area contributed by atoms with Crippen LogP contribution in [0, 0.1) is 5.41 Å². The summed E-state index contributed by atoms with van der Waals surface area (Å²) < 4.78 is 5.34. The van der Waals surface area contributed by atoms with Gasteiger partial charge in [0.1, 0.15) is 11.6 Å². The van der Waals surface area contributed by atoms with Gasteiger partial charge in [-0.05, 0) is 36.2 Å². The number of carbonyl (C=O) groups excluding carboxylic acids is 1. The molecule has 1 aliphatic heterocycles. The van der Waals surface area contributed by atoms with Crippen LogP contribution in [0.15, 0.2) is 48.5 Å². The number of carbonyl (C=O) groups is 1. The van der Waals surface area contributed by atoms with Crippen molar-refractivity contribution < 1.29 is 9.53 Å². The fourth-order valence-corrected chi connectivity index (χ4v) is 4.18. The maximum atomic E-state index is 13.0. The monoisotopic (exact) mass is 378 g/mol. The molecule has 0 saturated carbocycles. The highest BCUT2D eigenvalue weighted by molar-refractivity contribution is 5.84. The van der Waals surface area contributed by atoms with Crippen molar-refractivity contribution in [3.05, 3.63) is 59.9 Å². The zero-order chi connectivity index (χ0) is 19.7. The third kappa shape index (κ3) is 3.47. The molecule has 1 saturated heterocycles. The van der Waals surface area contributed by atoms with Gasteiger partial charge in [0.25, 0.3) is 0 Å². The number of ether oxygens (including phenoxy) is 1. The Morgan fingerprint density at radius 3 is 2.71 bits per heavy atom. The number of imidazole rings is 1. The van der Waals surface area contributed by atoms with Crippen molar-refractivity contribution >= 4 is 16.9 Å². The summed E-state index contributed by atoms with van der Waals surface area (Å²) in [4.78, 5) is 25.0. The minimum absolute atomic E-state index is 0.177. The number of rotatable bonds is 6. The van der Waals surface area contributed by atoms with Gasteiger partial charge < -0.3 is 14.6 Å².